The van der Waals surface area contributed by atoms with Gasteiger partial charge < -0.3 is 23.8 Å². The van der Waals surface area contributed by atoms with Gasteiger partial charge in [0.1, 0.15) is 13.3 Å². The number of carbonyl (C=O) groups is 1. The van der Waals surface area contributed by atoms with E-state index < -0.39 is 19.5 Å². The lowest BCUT2D eigenvalue weighted by Gasteiger charge is -2.53. The van der Waals surface area contributed by atoms with Crippen LogP contribution in [0.3, 0.4) is 0 Å². The first kappa shape index (κ1) is 35.3. The highest BCUT2D eigenvalue weighted by Gasteiger charge is 2.43. The lowest BCUT2D eigenvalue weighted by atomic mass is 9.81. The zero-order valence-corrected chi connectivity index (χ0v) is 27.1. The number of halogens is 4. The third-order valence-electron chi connectivity index (χ3n) is 8.61. The summed E-state index contributed by atoms with van der Waals surface area (Å²) in [6.07, 6.45) is -4.36. The molecule has 0 aliphatic carbocycles. The highest BCUT2D eigenvalue weighted by Crippen LogP contribution is 2.38. The Labute approximate surface area is 277 Å². The van der Waals surface area contributed by atoms with Gasteiger partial charge in [0, 0.05) is 64.4 Å². The summed E-state index contributed by atoms with van der Waals surface area (Å²) in [5, 5.41) is 0. The van der Waals surface area contributed by atoms with E-state index in [-0.39, 0.29) is 66.8 Å². The van der Waals surface area contributed by atoms with Crippen LogP contribution in [0.25, 0.3) is 0 Å². The van der Waals surface area contributed by atoms with Crippen LogP contribution < -0.4 is 14.2 Å². The number of ether oxygens (including phenoxy) is 4. The maximum absolute atomic E-state index is 13.3. The first-order chi connectivity index (χ1) is 23.2. The first-order valence-corrected chi connectivity index (χ1v) is 15.9. The molecule has 3 heterocycles. The maximum atomic E-state index is 13.3. The molecule has 2 atom stereocenters. The Morgan fingerprint density at radius 1 is 0.896 bits per heavy atom. The van der Waals surface area contributed by atoms with Gasteiger partial charge in [-0.25, -0.2) is 4.39 Å². The molecule has 260 valence electrons. The van der Waals surface area contributed by atoms with Crippen LogP contribution in [0.15, 0.2) is 60.7 Å². The number of fused-ring (bicyclic) bond motifs is 1. The summed E-state index contributed by atoms with van der Waals surface area (Å²) in [5.41, 5.74) is 2.45. The second-order valence-electron chi connectivity index (χ2n) is 11.8. The molecule has 0 saturated carbocycles. The summed E-state index contributed by atoms with van der Waals surface area (Å²) in [6, 6.07) is 19.9. The van der Waals surface area contributed by atoms with E-state index in [1.54, 1.807) is 7.11 Å². The Bertz CT molecular complexity index is 1430. The fourth-order valence-electron chi connectivity index (χ4n) is 6.58. The Kier molecular flexibility index (Phi) is 12.1. The number of amides is 1. The highest BCUT2D eigenvalue weighted by atomic mass is 19.4. The highest BCUT2D eigenvalue weighted by molar-refractivity contribution is 5.76. The third kappa shape index (κ3) is 8.91. The van der Waals surface area contributed by atoms with Crippen molar-refractivity contribution in [3.8, 4) is 17.8 Å². The molecule has 14 heteroatoms. The predicted octanol–water partition coefficient (Wildman–Crippen LogP) is 4.34. The minimum Gasteiger partial charge on any atom is -0.481 e. The minimum atomic E-state index is -4.63. The van der Waals surface area contributed by atoms with Crippen molar-refractivity contribution in [2.45, 2.75) is 37.1 Å². The van der Waals surface area contributed by atoms with Gasteiger partial charge in [0.05, 0.1) is 25.7 Å². The van der Waals surface area contributed by atoms with Crippen LogP contribution in [0.5, 0.6) is 17.8 Å². The van der Waals surface area contributed by atoms with Gasteiger partial charge in [0.15, 0.2) is 6.61 Å². The molecule has 1 unspecified atom stereocenters. The minimum absolute atomic E-state index is 0.00890. The number of rotatable bonds is 14. The molecule has 3 aromatic rings. The molecular formula is C34H41F4N5O5. The van der Waals surface area contributed by atoms with Crippen molar-refractivity contribution in [1.29, 1.82) is 0 Å². The van der Waals surface area contributed by atoms with Crippen LogP contribution >= 0.6 is 0 Å². The quantitative estimate of drug-likeness (QED) is 0.232. The van der Waals surface area contributed by atoms with Crippen molar-refractivity contribution in [3.63, 3.8) is 0 Å². The summed E-state index contributed by atoms with van der Waals surface area (Å²) in [6.45, 7) is 0.350. The molecule has 1 aromatic heterocycles. The molecule has 1 amide bonds. The van der Waals surface area contributed by atoms with Crippen LogP contribution in [0.4, 0.5) is 17.6 Å². The molecule has 2 fully saturated rings. The second kappa shape index (κ2) is 16.4. The summed E-state index contributed by atoms with van der Waals surface area (Å²) < 4.78 is 73.8. The van der Waals surface area contributed by atoms with Crippen LogP contribution in [-0.2, 0) is 16.1 Å². The summed E-state index contributed by atoms with van der Waals surface area (Å²) >= 11 is 0. The van der Waals surface area contributed by atoms with Crippen molar-refractivity contribution in [2.75, 3.05) is 73.4 Å². The molecule has 0 N–H and O–H groups in total. The molecule has 2 aliphatic heterocycles. The summed E-state index contributed by atoms with van der Waals surface area (Å²) in [5.74, 6) is -0.425. The second-order valence-corrected chi connectivity index (χ2v) is 11.8. The van der Waals surface area contributed by atoms with Crippen molar-refractivity contribution < 1.29 is 41.3 Å². The van der Waals surface area contributed by atoms with Crippen molar-refractivity contribution in [1.82, 2.24) is 24.7 Å². The van der Waals surface area contributed by atoms with Gasteiger partial charge >= 0.3 is 12.2 Å². The summed E-state index contributed by atoms with van der Waals surface area (Å²) in [4.78, 5) is 27.8. The molecule has 5 rings (SSSR count). The number of piperazine rings is 2. The van der Waals surface area contributed by atoms with E-state index in [9.17, 15) is 22.4 Å². The summed E-state index contributed by atoms with van der Waals surface area (Å²) in [7, 11) is 2.90. The van der Waals surface area contributed by atoms with Gasteiger partial charge in [0.25, 0.3) is 0 Å². The standard InChI is InChI=1S/C34H41F4N5O5/c1-45-17-13-29(44)42-15-16-43-26(20-42)19-41(22-28(43)30(24-9-5-3-6-10-24)25-11-7-4-8-12-25)21-27-31(46-2)39-33(47-18-14-35)40-32(27)48-23-34(36,37)38/h3-12,26,28,30H,13-23H2,1-2H3/t26-,28?/m1/s1. The predicted molar refractivity (Wildman–Crippen MR) is 169 cm³/mol. The van der Waals surface area contributed by atoms with Gasteiger partial charge in [-0.2, -0.15) is 23.1 Å². The number of hydrogen-bond acceptors (Lipinski definition) is 9. The van der Waals surface area contributed by atoms with Gasteiger partial charge in [-0.1, -0.05) is 60.7 Å². The van der Waals surface area contributed by atoms with Crippen molar-refractivity contribution >= 4 is 5.91 Å². The van der Waals surface area contributed by atoms with Crippen LogP contribution in [0.1, 0.15) is 29.0 Å². The Morgan fingerprint density at radius 2 is 1.56 bits per heavy atom. The number of nitrogens with zero attached hydrogens (tertiary/aromatic N) is 5. The Balaban J connectivity index is 1.52. The van der Waals surface area contributed by atoms with E-state index >= 15 is 0 Å². The smallest absolute Gasteiger partial charge is 0.422 e. The van der Waals surface area contributed by atoms with Crippen molar-refractivity contribution in [3.05, 3.63) is 77.4 Å². The number of hydrogen-bond donors (Lipinski definition) is 0. The molecule has 2 aliphatic rings. The van der Waals surface area contributed by atoms with Gasteiger partial charge in [0.2, 0.25) is 17.7 Å². The maximum Gasteiger partial charge on any atom is 0.422 e. The molecule has 48 heavy (non-hydrogen) atoms. The number of benzene rings is 2. The average molecular weight is 676 g/mol. The van der Waals surface area contributed by atoms with E-state index in [1.165, 1.54) is 7.11 Å². The number of methoxy groups -OCH3 is 2. The zero-order valence-electron chi connectivity index (χ0n) is 27.1. The SMILES string of the molecule is COCCC(=O)N1CCN2C(C(c3ccccc3)c3ccccc3)CN(Cc3c(OC)nc(OCCF)nc3OCC(F)(F)F)C[C@@H]2C1. The normalized spacial score (nSPS) is 18.9. The van der Waals surface area contributed by atoms with E-state index in [1.807, 2.05) is 41.3 Å². The van der Waals surface area contributed by atoms with E-state index in [0.717, 1.165) is 11.1 Å². The van der Waals surface area contributed by atoms with Crippen LogP contribution in [0.2, 0.25) is 0 Å². The number of aromatic nitrogens is 2. The first-order valence-electron chi connectivity index (χ1n) is 15.9. The fraction of sp³-hybridized carbons (Fsp3) is 0.500. The number of alkyl halides is 4. The number of carbonyl (C=O) groups excluding carboxylic acids is 1. The van der Waals surface area contributed by atoms with Crippen LogP contribution in [0, 0.1) is 0 Å². The largest absolute Gasteiger partial charge is 0.481 e. The molecule has 2 saturated heterocycles. The average Bonchev–Trinajstić information content (AvgIpc) is 3.09. The zero-order chi connectivity index (χ0) is 34.1. The Morgan fingerprint density at radius 3 is 2.17 bits per heavy atom. The molecule has 2 aromatic carbocycles. The molecule has 0 bridgehead atoms. The van der Waals surface area contributed by atoms with Gasteiger partial charge in [-0.15, -0.1) is 0 Å². The van der Waals surface area contributed by atoms with Gasteiger partial charge in [-0.3, -0.25) is 14.6 Å². The molecule has 0 spiro atoms. The van der Waals surface area contributed by atoms with E-state index in [4.69, 9.17) is 18.9 Å². The van der Waals surface area contributed by atoms with E-state index in [0.29, 0.717) is 39.3 Å². The topological polar surface area (TPSA) is 89.5 Å². The Hall–Kier alpha value is -4.01. The third-order valence-corrected chi connectivity index (χ3v) is 8.61. The monoisotopic (exact) mass is 675 g/mol. The fourth-order valence-corrected chi connectivity index (χ4v) is 6.58. The van der Waals surface area contributed by atoms with Crippen LogP contribution in [-0.4, -0.2) is 122 Å². The molecule has 10 nitrogen and oxygen atoms in total. The van der Waals surface area contributed by atoms with Gasteiger partial charge in [-0.05, 0) is 11.1 Å². The van der Waals surface area contributed by atoms with E-state index in [2.05, 4.69) is 44.0 Å². The van der Waals surface area contributed by atoms with Crippen molar-refractivity contribution in [2.24, 2.45) is 0 Å². The molecule has 0 radical (unpaired) electrons. The molecular weight excluding hydrogens is 634 g/mol. The lowest BCUT2D eigenvalue weighted by molar-refractivity contribution is -0.154. The lowest BCUT2D eigenvalue weighted by Crippen LogP contribution is -2.67.